The molecule has 0 amide bonds. The molecular weight excluding hydrogens is 771 g/mol. The number of imidazole rings is 1. The summed E-state index contributed by atoms with van der Waals surface area (Å²) in [4.78, 5) is 0. The van der Waals surface area contributed by atoms with Crippen LogP contribution in [0.25, 0.3) is 0 Å². The van der Waals surface area contributed by atoms with Gasteiger partial charge in [0, 0.05) is 57.3 Å². The van der Waals surface area contributed by atoms with E-state index in [9.17, 15) is 0 Å². The molecule has 1 aromatic heterocycles. The molecule has 0 saturated heterocycles. The Kier molecular flexibility index (Phi) is 10.1. The zero-order valence-corrected chi connectivity index (χ0v) is 22.2. The van der Waals surface area contributed by atoms with Gasteiger partial charge in [-0.1, -0.05) is 23.7 Å². The van der Waals surface area contributed by atoms with Crippen molar-refractivity contribution >= 4 is 57.3 Å². The summed E-state index contributed by atoms with van der Waals surface area (Å²) in [5.74, 6) is 0.900. The Hall–Kier alpha value is -0.152. The van der Waals surface area contributed by atoms with Crippen LogP contribution in [0, 0.1) is 3.80 Å². The average Bonchev–Trinajstić information content (AvgIpc) is 2.96. The Balaban J connectivity index is 0.000000208. The molecule has 8 heteroatoms. The number of halogens is 3. The quantitative estimate of drug-likeness (QED) is 0.241. The monoisotopic (exact) mass is 790 g/mol. The third kappa shape index (κ3) is 8.01. The number of ether oxygens (including phenoxy) is 1. The molecule has 1 heterocycles. The van der Waals surface area contributed by atoms with Gasteiger partial charge in [0.1, 0.15) is 0 Å². The second-order valence-electron chi connectivity index (χ2n) is 5.71. The number of methoxy groups -OCH3 is 1. The first-order valence-electron chi connectivity index (χ1n) is 8.02. The van der Waals surface area contributed by atoms with Crippen molar-refractivity contribution in [2.45, 2.75) is 13.1 Å². The van der Waals surface area contributed by atoms with Crippen LogP contribution in [0.15, 0.2) is 60.9 Å². The predicted octanol–water partition coefficient (Wildman–Crippen LogP) is 5.80. The smallest absolute Gasteiger partial charge is 0.0435 e. The number of aromatic nitrogens is 2. The van der Waals surface area contributed by atoms with Crippen molar-refractivity contribution in [2.75, 3.05) is 7.11 Å². The first-order chi connectivity index (χ1) is 12.9. The van der Waals surface area contributed by atoms with Gasteiger partial charge in [0.2, 0.25) is 0 Å². The summed E-state index contributed by atoms with van der Waals surface area (Å²) in [7, 11) is 3.73. The summed E-state index contributed by atoms with van der Waals surface area (Å²) in [6, 6.07) is 16.1. The normalized spacial score (nSPS) is 10.5. The van der Waals surface area contributed by atoms with Crippen LogP contribution in [0.5, 0.6) is 5.75 Å². The largest absolute Gasteiger partial charge is 0.184 e. The molecule has 0 aliphatic carbocycles. The summed E-state index contributed by atoms with van der Waals surface area (Å²) in [5.41, 5.74) is 2.55. The molecule has 4 nitrogen and oxygen atoms in total. The van der Waals surface area contributed by atoms with E-state index in [1.165, 1.54) is 14.9 Å². The Morgan fingerprint density at radius 3 is 2.07 bits per heavy atom. The molecule has 3 aromatic rings. The number of hydrogen-bond donors (Lipinski definition) is 0. The fraction of sp³-hybridized carbons (Fsp3) is 0.211. The van der Waals surface area contributed by atoms with E-state index < -0.39 is 0 Å². The molecule has 0 unspecified atom stereocenters. The molecule has 0 bridgehead atoms. The Bertz CT molecular complexity index is 893. The van der Waals surface area contributed by atoms with E-state index in [-0.39, 0.29) is 0 Å². The molecule has 0 spiro atoms. The third-order valence-corrected chi connectivity index (χ3v) is 6.07. The minimum atomic E-state index is 0.794. The fourth-order valence-corrected chi connectivity index (χ4v) is 3.70. The molecule has 0 radical (unpaired) electrons. The Labute approximate surface area is 203 Å². The number of hydrogen-bond acceptors (Lipinski definition) is 2. The summed E-state index contributed by atoms with van der Waals surface area (Å²) in [6.07, 6.45) is 4.15. The van der Waals surface area contributed by atoms with Gasteiger partial charge in [-0.05, 0) is 17.7 Å². The van der Waals surface area contributed by atoms with Gasteiger partial charge in [0.25, 0.3) is 0 Å². The van der Waals surface area contributed by atoms with Crippen LogP contribution in [0.2, 0.25) is 5.02 Å². The van der Waals surface area contributed by atoms with Gasteiger partial charge < -0.3 is 0 Å². The van der Waals surface area contributed by atoms with Gasteiger partial charge in [-0.25, -0.2) is 0 Å². The molecule has 2 aromatic carbocycles. The van der Waals surface area contributed by atoms with E-state index in [4.69, 9.17) is 16.3 Å². The Morgan fingerprint density at radius 1 is 1.00 bits per heavy atom. The van der Waals surface area contributed by atoms with Crippen LogP contribution < -0.4 is 4.74 Å². The van der Waals surface area contributed by atoms with Crippen LogP contribution in [-0.2, 0) is 39.5 Å². The van der Waals surface area contributed by atoms with Gasteiger partial charge in [-0.15, -0.1) is 0 Å². The SMILES string of the molecule is COc1ccc(Cn2ccn(C)[c]2=[Pt])cc1.Clc1ccc(CN(I)I)cc1. The van der Waals surface area contributed by atoms with E-state index in [0.29, 0.717) is 0 Å². The predicted molar refractivity (Wildman–Crippen MR) is 124 cm³/mol. The second-order valence-corrected chi connectivity index (χ2v) is 11.3. The Morgan fingerprint density at radius 2 is 1.59 bits per heavy atom. The van der Waals surface area contributed by atoms with Crippen molar-refractivity contribution in [2.24, 2.45) is 7.05 Å². The molecule has 0 N–H and O–H groups in total. The maximum Gasteiger partial charge on any atom is 0.0435 e. The molecule has 0 aliphatic heterocycles. The molecule has 27 heavy (non-hydrogen) atoms. The van der Waals surface area contributed by atoms with E-state index in [0.717, 1.165) is 23.9 Å². The first kappa shape index (κ1) is 23.1. The minimum Gasteiger partial charge on any atom is -0.184 e. The topological polar surface area (TPSA) is 22.3 Å². The molecule has 148 valence electrons. The van der Waals surface area contributed by atoms with E-state index in [1.807, 2.05) is 43.4 Å². The van der Waals surface area contributed by atoms with Crippen molar-refractivity contribution < 1.29 is 24.1 Å². The zero-order chi connectivity index (χ0) is 19.8. The van der Waals surface area contributed by atoms with Crippen LogP contribution in [0.4, 0.5) is 0 Å². The van der Waals surface area contributed by atoms with Gasteiger partial charge in [0.05, 0.1) is 0 Å². The van der Waals surface area contributed by atoms with Crippen molar-refractivity contribution in [3.8, 4) is 5.75 Å². The van der Waals surface area contributed by atoms with Crippen molar-refractivity contribution in [1.29, 1.82) is 0 Å². The average molecular weight is 791 g/mol. The van der Waals surface area contributed by atoms with Gasteiger partial charge in [-0.3, -0.25) is 0 Å². The number of aryl methyl sites for hydroxylation is 1. The zero-order valence-electron chi connectivity index (χ0n) is 14.9. The summed E-state index contributed by atoms with van der Waals surface area (Å²) in [6.45, 7) is 1.84. The van der Waals surface area contributed by atoms with Gasteiger partial charge in [-0.2, -0.15) is 1.33 Å². The number of rotatable bonds is 5. The van der Waals surface area contributed by atoms with Crippen LogP contribution >= 0.6 is 57.3 Å². The maximum absolute atomic E-state index is 5.73. The second kappa shape index (κ2) is 11.8. The van der Waals surface area contributed by atoms with Gasteiger partial charge >= 0.3 is 106 Å². The summed E-state index contributed by atoms with van der Waals surface area (Å²) < 4.78 is 12.7. The van der Waals surface area contributed by atoms with Crippen LogP contribution in [0.1, 0.15) is 11.1 Å². The van der Waals surface area contributed by atoms with E-state index in [1.54, 1.807) is 7.11 Å². The summed E-state index contributed by atoms with van der Waals surface area (Å²) in [5, 5.41) is 0.794. The number of nitrogens with zero attached hydrogens (tertiary/aromatic N) is 3. The molecular formula is C19H20ClI2N3OPt. The van der Waals surface area contributed by atoms with E-state index in [2.05, 4.69) is 100 Å². The minimum absolute atomic E-state index is 0.794. The first-order valence-corrected chi connectivity index (χ1v) is 11.5. The summed E-state index contributed by atoms with van der Waals surface area (Å²) >= 11 is 12.5. The molecule has 0 aliphatic rings. The molecule has 0 atom stereocenters. The third-order valence-electron chi connectivity index (χ3n) is 3.69. The van der Waals surface area contributed by atoms with Crippen molar-refractivity contribution in [3.63, 3.8) is 0 Å². The molecule has 3 rings (SSSR count). The van der Waals surface area contributed by atoms with Crippen LogP contribution in [-0.4, -0.2) is 17.6 Å². The standard InChI is InChI=1S/C12H14N2O.C7H6ClI2N.Pt/c1-13-7-8-14(10-13)9-11-3-5-12(15-2)6-4-11;8-7-3-1-6(2-4-7)5-11(9)10;/h3-8H,9H2,1-2H3;1-4H,5H2;. The molecule has 0 saturated carbocycles. The van der Waals surface area contributed by atoms with Crippen molar-refractivity contribution in [3.05, 3.63) is 80.9 Å². The number of benzene rings is 2. The fourth-order valence-electron chi connectivity index (χ4n) is 2.27. The van der Waals surface area contributed by atoms with Gasteiger partial charge in [0.15, 0.2) is 0 Å². The maximum atomic E-state index is 5.73. The molecule has 0 fully saturated rings. The van der Waals surface area contributed by atoms with Crippen molar-refractivity contribution in [1.82, 2.24) is 10.5 Å². The van der Waals surface area contributed by atoms with Crippen LogP contribution in [0.3, 0.4) is 0 Å². The van der Waals surface area contributed by atoms with E-state index >= 15 is 0 Å².